The van der Waals surface area contributed by atoms with Crippen molar-refractivity contribution in [3.05, 3.63) is 167 Å². The highest BCUT2D eigenvalue weighted by atomic mass is 79.9. The van der Waals surface area contributed by atoms with Crippen LogP contribution in [0.3, 0.4) is 0 Å². The third-order valence-corrected chi connectivity index (χ3v) is 26.4. The summed E-state index contributed by atoms with van der Waals surface area (Å²) in [7, 11) is -8.79. The van der Waals surface area contributed by atoms with Gasteiger partial charge in [0.25, 0.3) is 0 Å². The summed E-state index contributed by atoms with van der Waals surface area (Å²) in [5, 5.41) is 7.50. The molecule has 7 aromatic rings. The van der Waals surface area contributed by atoms with Crippen LogP contribution in [0.5, 0.6) is 0 Å². The number of thiophene rings is 2. The lowest BCUT2D eigenvalue weighted by atomic mass is 9.55. The highest BCUT2D eigenvalue weighted by Crippen LogP contribution is 2.56. The smallest absolute Gasteiger partial charge is 0.320 e. The van der Waals surface area contributed by atoms with Crippen LogP contribution >= 0.6 is 20.9 Å². The van der Waals surface area contributed by atoms with Crippen molar-refractivity contribution in [2.24, 2.45) is 47.3 Å². The minimum atomic E-state index is -4.52. The number of benzene rings is 5. The fourth-order valence-electron chi connectivity index (χ4n) is 16.9. The van der Waals surface area contributed by atoms with Crippen LogP contribution in [0.15, 0.2) is 156 Å². The van der Waals surface area contributed by atoms with Gasteiger partial charge in [0, 0.05) is 43.8 Å². The lowest BCUT2D eigenvalue weighted by Crippen LogP contribution is -3.00. The number of halogens is 1. The molecule has 0 radical (unpaired) electrons. The van der Waals surface area contributed by atoms with E-state index in [0.29, 0.717) is 23.7 Å². The Balaban J connectivity index is 0.000000203. The molecular weight excluding hydrogens is 1380 g/mol. The first-order valence-electron chi connectivity index (χ1n) is 37.0. The summed E-state index contributed by atoms with van der Waals surface area (Å²) in [4.78, 5) is 25.8. The topological polar surface area (TPSA) is 167 Å². The lowest BCUT2D eigenvalue weighted by molar-refractivity contribution is -0.168. The van der Waals surface area contributed by atoms with Gasteiger partial charge in [0.2, 0.25) is 0 Å². The summed E-state index contributed by atoms with van der Waals surface area (Å²) in [6.45, 7) is 4.58. The van der Waals surface area contributed by atoms with Crippen molar-refractivity contribution < 1.29 is 62.0 Å². The van der Waals surface area contributed by atoms with Crippen LogP contribution in [0.25, 0.3) is 30.0 Å². The monoisotopic (exact) mass is 1490 g/mol. The van der Waals surface area contributed by atoms with Gasteiger partial charge >= 0.3 is 11.9 Å². The van der Waals surface area contributed by atoms with E-state index in [0.717, 1.165) is 75.0 Å². The molecule has 8 aliphatic carbocycles. The Labute approximate surface area is 613 Å². The molecule has 8 saturated carbocycles. The number of carbonyl (C=O) groups excluding carboxylic acids is 2. The summed E-state index contributed by atoms with van der Waals surface area (Å²) < 4.78 is 76.7. The molecule has 99 heavy (non-hydrogen) atoms. The molecule has 15 rings (SSSR count). The zero-order chi connectivity index (χ0) is 67.5. The minimum absolute atomic E-state index is 0. The molecule has 0 aliphatic heterocycles. The van der Waals surface area contributed by atoms with Crippen molar-refractivity contribution in [2.75, 3.05) is 11.5 Å². The zero-order valence-corrected chi connectivity index (χ0v) is 62.8. The molecule has 8 bridgehead atoms. The maximum absolute atomic E-state index is 11.4. The van der Waals surface area contributed by atoms with Crippen molar-refractivity contribution in [2.45, 2.75) is 246 Å². The van der Waals surface area contributed by atoms with Crippen LogP contribution in [0, 0.1) is 47.3 Å². The standard InChI is InChI=1S/2C26H35S.2C12H18O5S.C6H6.2CH4.BrH/c2*1-2-3-4-5-6-7-8-9-10-11-14-23-17-19-25(20-18-23)27-22-21-24-15-12-13-16-26(24)27;2*13-11(6-18(14,15)16)17-12-9-2-7-1-8(4-9)5-10(12)3-7;1-2-4-6-5-3-1;;;/h2*12-13,15-22H,2-11,14H2,1H3;2*7-10,12H,1-6H2,(H,14,15,16);1-6H;2*1H4;1H/q2*+1;;;;;;/p-3. The molecule has 0 spiro atoms. The second kappa shape index (κ2) is 43.4. The Morgan fingerprint density at radius 2 is 0.646 bits per heavy atom. The first kappa shape index (κ1) is 83.2. The largest absolute Gasteiger partial charge is 1.00 e. The molecule has 2 aromatic heterocycles. The van der Waals surface area contributed by atoms with Crippen LogP contribution < -0.4 is 17.0 Å². The highest BCUT2D eigenvalue weighted by molar-refractivity contribution is 7.86. The minimum Gasteiger partial charge on any atom is -1.00 e. The molecule has 15 heteroatoms. The van der Waals surface area contributed by atoms with E-state index in [1.165, 1.54) is 195 Å². The molecule has 5 aromatic carbocycles. The van der Waals surface area contributed by atoms with Gasteiger partial charge in [-0.25, -0.2) is 16.8 Å². The van der Waals surface area contributed by atoms with Gasteiger partial charge in [-0.2, -0.15) is 0 Å². The summed E-state index contributed by atoms with van der Waals surface area (Å²) in [6.07, 6.45) is 41.8. The maximum atomic E-state index is 11.4. The molecule has 0 amide bonds. The van der Waals surface area contributed by atoms with Crippen LogP contribution in [0.4, 0.5) is 0 Å². The number of ether oxygens (including phenoxy) is 2. The summed E-state index contributed by atoms with van der Waals surface area (Å²) in [6, 6.07) is 52.9. The van der Waals surface area contributed by atoms with E-state index < -0.39 is 43.7 Å². The normalized spacial score (nSPS) is 22.3. The second-order valence-electron chi connectivity index (χ2n) is 28.8. The summed E-state index contributed by atoms with van der Waals surface area (Å²) in [5.41, 5.74) is 3.00. The summed E-state index contributed by atoms with van der Waals surface area (Å²) >= 11 is 0. The molecule has 546 valence electrons. The maximum Gasteiger partial charge on any atom is 0.320 e. The number of carbonyl (C=O) groups is 2. The average molecular weight is 1500 g/mol. The van der Waals surface area contributed by atoms with Gasteiger partial charge in [0.05, 0.1) is 0 Å². The number of unbranched alkanes of at least 4 members (excludes halogenated alkanes) is 18. The molecule has 8 aliphatic rings. The first-order valence-corrected chi connectivity index (χ1v) is 42.8. The number of aryl methyl sites for hydroxylation is 2. The number of hydrogen-bond donors (Lipinski definition) is 0. The molecule has 0 saturated heterocycles. The number of rotatable bonds is 30. The molecule has 2 unspecified atom stereocenters. The molecule has 8 fully saturated rings. The molecular formula is C84H118BrO10S4-. The van der Waals surface area contributed by atoms with Crippen LogP contribution in [-0.2, 0) is 52.1 Å². The summed E-state index contributed by atoms with van der Waals surface area (Å²) in [5.74, 6) is 0.821. The predicted octanol–water partition coefficient (Wildman–Crippen LogP) is 19.8. The van der Waals surface area contributed by atoms with E-state index in [4.69, 9.17) is 9.47 Å². The number of fused-ring (bicyclic) bond motifs is 2. The quantitative estimate of drug-likeness (QED) is 0.0183. The van der Waals surface area contributed by atoms with Crippen LogP contribution in [0.1, 0.15) is 232 Å². The Kier molecular flexibility index (Phi) is 36.5. The van der Waals surface area contributed by atoms with E-state index >= 15 is 0 Å². The average Bonchev–Trinajstić information content (AvgIpc) is 1.55. The second-order valence-corrected chi connectivity index (χ2v) is 35.4. The lowest BCUT2D eigenvalue weighted by Gasteiger charge is -2.53. The van der Waals surface area contributed by atoms with Crippen molar-refractivity contribution in [1.82, 2.24) is 0 Å². The fraction of sp³-hybridized carbons (Fsp3) is 0.571. The first-order chi connectivity index (χ1) is 46.6. The van der Waals surface area contributed by atoms with Gasteiger partial charge in [-0.1, -0.05) is 229 Å². The van der Waals surface area contributed by atoms with Gasteiger partial charge in [-0.05, 0) is 197 Å². The highest BCUT2D eigenvalue weighted by Gasteiger charge is 2.51. The van der Waals surface area contributed by atoms with Crippen molar-refractivity contribution in [3.63, 3.8) is 0 Å². The molecule has 2 atom stereocenters. The van der Waals surface area contributed by atoms with Gasteiger partial charge < -0.3 is 35.6 Å². The van der Waals surface area contributed by atoms with Gasteiger partial charge in [0.1, 0.15) is 54.7 Å². The van der Waals surface area contributed by atoms with Gasteiger partial charge in [-0.15, -0.1) is 0 Å². The van der Waals surface area contributed by atoms with Gasteiger partial charge in [-0.3, -0.25) is 9.59 Å². The van der Waals surface area contributed by atoms with Crippen molar-refractivity contribution in [3.8, 4) is 9.79 Å². The third kappa shape index (κ3) is 27.8. The van der Waals surface area contributed by atoms with Crippen LogP contribution in [-0.4, -0.2) is 61.6 Å². The Morgan fingerprint density at radius 3 is 0.929 bits per heavy atom. The van der Waals surface area contributed by atoms with Gasteiger partial charge in [0.15, 0.2) is 19.2 Å². The van der Waals surface area contributed by atoms with Crippen molar-refractivity contribution in [1.29, 1.82) is 0 Å². The van der Waals surface area contributed by atoms with Crippen LogP contribution in [0.2, 0.25) is 0 Å². The Bertz CT molecular complexity index is 3330. The third-order valence-electron chi connectivity index (χ3n) is 21.1. The van der Waals surface area contributed by atoms with E-state index in [1.54, 1.807) is 0 Å². The molecule has 10 nitrogen and oxygen atoms in total. The van der Waals surface area contributed by atoms with E-state index in [1.807, 2.05) is 36.4 Å². The zero-order valence-electron chi connectivity index (χ0n) is 57.9. The SMILES string of the molecule is C.C.CCCCCCCCCCCCc1ccc(-[s+]2ccc3ccccc32)cc1.CCCCCCCCCCCCc1ccc(-[s+]2ccc3ccccc32)cc1.O=C(CS(=O)(=O)[O-])OC1C2CC3CC(C2)CC1C3.O=C(CS(=O)(=O)[O-])OC1C2CC3CC(C2)CC1C3.[Br-].c1ccccc1. The Morgan fingerprint density at radius 1 is 0.374 bits per heavy atom. The van der Waals surface area contributed by atoms with E-state index in [9.17, 15) is 35.5 Å². The van der Waals surface area contributed by atoms with E-state index in [2.05, 4.69) is 134 Å². The number of esters is 2. The van der Waals surface area contributed by atoms with Crippen molar-refractivity contribution >= 4 is 73.3 Å². The van der Waals surface area contributed by atoms with E-state index in [-0.39, 0.29) is 65.0 Å². The molecule has 0 N–H and O–H groups in total. The molecule has 2 heterocycles. The Hall–Kier alpha value is -4.74. The predicted molar refractivity (Wildman–Crippen MR) is 410 cm³/mol. The number of hydrogen-bond acceptors (Lipinski definition) is 10. The fourth-order valence-corrected chi connectivity index (χ4v) is 21.4.